The van der Waals surface area contributed by atoms with E-state index in [-0.39, 0.29) is 0 Å². The second-order valence-corrected chi connectivity index (χ2v) is 4.70. The Balaban J connectivity index is 1.66. The number of rotatable bonds is 10. The normalized spacial score (nSPS) is 20.2. The Morgan fingerprint density at radius 1 is 1.07 bits per heavy atom. The Morgan fingerprint density at radius 2 is 1.80 bits per heavy atom. The molecule has 1 heteroatoms. The molecule has 0 aromatic heterocycles. The monoisotopic (exact) mass is 211 g/mol. The molecule has 1 nitrogen and oxygen atoms in total. The molecule has 1 fully saturated rings. The van der Waals surface area contributed by atoms with Crippen molar-refractivity contribution in [1.29, 1.82) is 0 Å². The number of ether oxygens (including phenoxy) is 1. The summed E-state index contributed by atoms with van der Waals surface area (Å²) in [6, 6.07) is 0. The fourth-order valence-electron chi connectivity index (χ4n) is 2.03. The van der Waals surface area contributed by atoms with E-state index in [4.69, 9.17) is 4.74 Å². The molecule has 1 aliphatic heterocycles. The second kappa shape index (κ2) is 9.21. The Labute approximate surface area is 95.6 Å². The topological polar surface area (TPSA) is 9.23 Å². The van der Waals surface area contributed by atoms with Crippen molar-refractivity contribution in [2.24, 2.45) is 0 Å². The molecule has 0 aromatic rings. The minimum Gasteiger partial charge on any atom is -0.378 e. The van der Waals surface area contributed by atoms with Crippen molar-refractivity contribution in [1.82, 2.24) is 0 Å². The van der Waals surface area contributed by atoms with Gasteiger partial charge in [0.2, 0.25) is 0 Å². The summed E-state index contributed by atoms with van der Waals surface area (Å²) < 4.78 is 5.38. The second-order valence-electron chi connectivity index (χ2n) is 4.70. The fraction of sp³-hybridized carbons (Fsp3) is 0.929. The first-order valence-corrected chi connectivity index (χ1v) is 6.86. The van der Waals surface area contributed by atoms with Gasteiger partial charge in [-0.1, -0.05) is 51.9 Å². The third kappa shape index (κ3) is 6.94. The summed E-state index contributed by atoms with van der Waals surface area (Å²) in [4.78, 5) is 0. The third-order valence-corrected chi connectivity index (χ3v) is 3.25. The summed E-state index contributed by atoms with van der Waals surface area (Å²) in [5, 5.41) is 0. The quantitative estimate of drug-likeness (QED) is 0.483. The van der Waals surface area contributed by atoms with Crippen molar-refractivity contribution in [3.05, 3.63) is 6.42 Å². The van der Waals surface area contributed by atoms with Crippen LogP contribution in [0.15, 0.2) is 0 Å². The Hall–Kier alpha value is -0.0400. The maximum Gasteiger partial charge on any atom is 0.0597 e. The van der Waals surface area contributed by atoms with Gasteiger partial charge in [0.1, 0.15) is 0 Å². The van der Waals surface area contributed by atoms with Crippen molar-refractivity contribution in [2.75, 3.05) is 6.61 Å². The Bertz CT molecular complexity index is 129. The number of hydrogen-bond donors (Lipinski definition) is 0. The van der Waals surface area contributed by atoms with E-state index in [0.29, 0.717) is 6.10 Å². The van der Waals surface area contributed by atoms with Gasteiger partial charge in [0, 0.05) is 6.61 Å². The van der Waals surface area contributed by atoms with Crippen molar-refractivity contribution in [3.63, 3.8) is 0 Å². The molecule has 1 saturated heterocycles. The molecule has 15 heavy (non-hydrogen) atoms. The highest BCUT2D eigenvalue weighted by atomic mass is 16.5. The van der Waals surface area contributed by atoms with E-state index in [1.807, 2.05) is 0 Å². The molecule has 0 amide bonds. The number of unbranched alkanes of at least 4 members (excludes halogenated alkanes) is 8. The SMILES string of the molecule is CCCCCCCC[CH]CCC1CCO1. The van der Waals surface area contributed by atoms with Gasteiger partial charge in [0.15, 0.2) is 0 Å². The molecule has 1 heterocycles. The van der Waals surface area contributed by atoms with E-state index >= 15 is 0 Å². The minimum absolute atomic E-state index is 0.603. The van der Waals surface area contributed by atoms with Crippen LogP contribution in [-0.4, -0.2) is 12.7 Å². The van der Waals surface area contributed by atoms with E-state index in [1.165, 1.54) is 64.2 Å². The summed E-state index contributed by atoms with van der Waals surface area (Å²) in [5.74, 6) is 0. The van der Waals surface area contributed by atoms with Crippen LogP contribution in [0, 0.1) is 6.42 Å². The van der Waals surface area contributed by atoms with E-state index < -0.39 is 0 Å². The Kier molecular flexibility index (Phi) is 7.99. The first-order valence-electron chi connectivity index (χ1n) is 6.86. The lowest BCUT2D eigenvalue weighted by Crippen LogP contribution is -2.26. The highest BCUT2D eigenvalue weighted by Crippen LogP contribution is 2.18. The zero-order valence-electron chi connectivity index (χ0n) is 10.3. The standard InChI is InChI=1S/C14H27O/c1-2-3-4-5-6-7-8-9-10-11-14-12-13-15-14/h9,14H,2-8,10-13H2,1H3. The van der Waals surface area contributed by atoms with Crippen LogP contribution in [0.1, 0.15) is 71.1 Å². The predicted molar refractivity (Wildman–Crippen MR) is 65.9 cm³/mol. The predicted octanol–water partition coefficient (Wildman–Crippen LogP) is 4.51. The smallest absolute Gasteiger partial charge is 0.0597 e. The molecule has 0 spiro atoms. The van der Waals surface area contributed by atoms with Gasteiger partial charge in [-0.2, -0.15) is 0 Å². The van der Waals surface area contributed by atoms with Gasteiger partial charge in [-0.05, 0) is 25.7 Å². The lowest BCUT2D eigenvalue weighted by Gasteiger charge is -2.26. The molecule has 0 N–H and O–H groups in total. The van der Waals surface area contributed by atoms with Crippen molar-refractivity contribution in [3.8, 4) is 0 Å². The van der Waals surface area contributed by atoms with Gasteiger partial charge in [0.05, 0.1) is 6.10 Å². The van der Waals surface area contributed by atoms with Crippen molar-refractivity contribution >= 4 is 0 Å². The van der Waals surface area contributed by atoms with Gasteiger partial charge < -0.3 is 4.74 Å². The van der Waals surface area contributed by atoms with Crippen LogP contribution in [0.2, 0.25) is 0 Å². The first-order chi connectivity index (χ1) is 7.43. The zero-order valence-corrected chi connectivity index (χ0v) is 10.3. The summed E-state index contributed by atoms with van der Waals surface area (Å²) >= 11 is 0. The van der Waals surface area contributed by atoms with Gasteiger partial charge in [-0.25, -0.2) is 0 Å². The summed E-state index contributed by atoms with van der Waals surface area (Å²) in [6.07, 6.45) is 16.7. The molecule has 0 aromatic carbocycles. The molecule has 1 unspecified atom stereocenters. The molecule has 0 bridgehead atoms. The van der Waals surface area contributed by atoms with E-state index in [9.17, 15) is 0 Å². The van der Waals surface area contributed by atoms with Crippen LogP contribution < -0.4 is 0 Å². The van der Waals surface area contributed by atoms with Crippen LogP contribution in [0.25, 0.3) is 0 Å². The first kappa shape index (κ1) is 13.0. The van der Waals surface area contributed by atoms with Gasteiger partial charge in [-0.3, -0.25) is 0 Å². The average molecular weight is 211 g/mol. The molecule has 1 atom stereocenters. The maximum absolute atomic E-state index is 5.38. The van der Waals surface area contributed by atoms with Crippen LogP contribution in [0.4, 0.5) is 0 Å². The molecule has 89 valence electrons. The van der Waals surface area contributed by atoms with Crippen LogP contribution >= 0.6 is 0 Å². The minimum atomic E-state index is 0.603. The van der Waals surface area contributed by atoms with Gasteiger partial charge >= 0.3 is 0 Å². The molecule has 0 aliphatic carbocycles. The van der Waals surface area contributed by atoms with Crippen molar-refractivity contribution in [2.45, 2.75) is 77.2 Å². The van der Waals surface area contributed by atoms with E-state index in [1.54, 1.807) is 0 Å². The zero-order chi connectivity index (χ0) is 10.8. The highest BCUT2D eigenvalue weighted by molar-refractivity contribution is 4.72. The molecule has 1 aliphatic rings. The lowest BCUT2D eigenvalue weighted by atomic mass is 10.0. The summed E-state index contributed by atoms with van der Waals surface area (Å²) in [7, 11) is 0. The number of hydrogen-bond acceptors (Lipinski definition) is 1. The maximum atomic E-state index is 5.38. The summed E-state index contributed by atoms with van der Waals surface area (Å²) in [6.45, 7) is 3.28. The third-order valence-electron chi connectivity index (χ3n) is 3.25. The van der Waals surface area contributed by atoms with E-state index in [2.05, 4.69) is 13.3 Å². The van der Waals surface area contributed by atoms with E-state index in [0.717, 1.165) is 6.61 Å². The molecule has 0 saturated carbocycles. The average Bonchev–Trinajstić information content (AvgIpc) is 2.18. The molecular formula is C14H27O. The fourth-order valence-corrected chi connectivity index (χ4v) is 2.03. The highest BCUT2D eigenvalue weighted by Gasteiger charge is 2.16. The molecule has 1 rings (SSSR count). The lowest BCUT2D eigenvalue weighted by molar-refractivity contribution is -0.0543. The van der Waals surface area contributed by atoms with Gasteiger partial charge in [-0.15, -0.1) is 0 Å². The van der Waals surface area contributed by atoms with Crippen molar-refractivity contribution < 1.29 is 4.74 Å². The molecule has 1 radical (unpaired) electrons. The largest absolute Gasteiger partial charge is 0.378 e. The van der Waals surface area contributed by atoms with Gasteiger partial charge in [0.25, 0.3) is 0 Å². The Morgan fingerprint density at radius 3 is 2.47 bits per heavy atom. The summed E-state index contributed by atoms with van der Waals surface area (Å²) in [5.41, 5.74) is 0. The molecular weight excluding hydrogens is 184 g/mol. The van der Waals surface area contributed by atoms with Crippen LogP contribution in [0.3, 0.4) is 0 Å². The van der Waals surface area contributed by atoms with Crippen LogP contribution in [-0.2, 0) is 4.74 Å². The van der Waals surface area contributed by atoms with Crippen LogP contribution in [0.5, 0.6) is 0 Å².